The standard InChI is InChI=1S/C14H24N6S/c1-5-20(6-2)8-9(3)16-12-11-7-10(4)21-13(11)18-14(17-12)19-15/h7,9H,5-6,8,15H2,1-4H3,(H2,16,17,18,19). The number of hydrogen-bond donors (Lipinski definition) is 3. The average Bonchev–Trinajstić information content (AvgIpc) is 2.85. The number of nitrogens with zero attached hydrogens (tertiary/aromatic N) is 3. The Morgan fingerprint density at radius 1 is 1.33 bits per heavy atom. The maximum atomic E-state index is 5.46. The molecule has 2 heterocycles. The molecule has 0 aliphatic carbocycles. The second-order valence-corrected chi connectivity index (χ2v) is 6.38. The van der Waals surface area contributed by atoms with Crippen molar-refractivity contribution in [1.82, 2.24) is 14.9 Å². The molecule has 0 radical (unpaired) electrons. The molecule has 0 fully saturated rings. The molecule has 6 nitrogen and oxygen atoms in total. The number of hydrogen-bond acceptors (Lipinski definition) is 7. The molecule has 0 saturated heterocycles. The van der Waals surface area contributed by atoms with Crippen LogP contribution < -0.4 is 16.6 Å². The van der Waals surface area contributed by atoms with E-state index in [0.717, 1.165) is 35.7 Å². The largest absolute Gasteiger partial charge is 0.366 e. The van der Waals surface area contributed by atoms with Crippen LogP contribution in [0, 0.1) is 6.92 Å². The van der Waals surface area contributed by atoms with E-state index in [9.17, 15) is 0 Å². The summed E-state index contributed by atoms with van der Waals surface area (Å²) in [6, 6.07) is 2.42. The van der Waals surface area contributed by atoms with Gasteiger partial charge in [-0.05, 0) is 33.0 Å². The summed E-state index contributed by atoms with van der Waals surface area (Å²) in [5.74, 6) is 6.76. The second-order valence-electron chi connectivity index (χ2n) is 5.15. The first-order valence-electron chi connectivity index (χ1n) is 7.31. The van der Waals surface area contributed by atoms with E-state index in [0.29, 0.717) is 12.0 Å². The van der Waals surface area contributed by atoms with Gasteiger partial charge in [0.1, 0.15) is 10.6 Å². The smallest absolute Gasteiger partial charge is 0.240 e. The lowest BCUT2D eigenvalue weighted by atomic mass is 10.2. The van der Waals surface area contributed by atoms with Crippen molar-refractivity contribution in [2.24, 2.45) is 5.84 Å². The Morgan fingerprint density at radius 3 is 2.67 bits per heavy atom. The van der Waals surface area contributed by atoms with Gasteiger partial charge in [0.05, 0.1) is 5.39 Å². The molecule has 7 heteroatoms. The van der Waals surface area contributed by atoms with Crippen molar-refractivity contribution < 1.29 is 0 Å². The fourth-order valence-electron chi connectivity index (χ4n) is 2.36. The van der Waals surface area contributed by atoms with Crippen LogP contribution in [0.1, 0.15) is 25.6 Å². The van der Waals surface area contributed by atoms with Crippen LogP contribution in [-0.2, 0) is 0 Å². The maximum Gasteiger partial charge on any atom is 0.240 e. The van der Waals surface area contributed by atoms with E-state index in [4.69, 9.17) is 5.84 Å². The van der Waals surface area contributed by atoms with Crippen molar-refractivity contribution in [2.45, 2.75) is 33.7 Å². The number of rotatable bonds is 7. The summed E-state index contributed by atoms with van der Waals surface area (Å²) in [7, 11) is 0. The first-order valence-corrected chi connectivity index (χ1v) is 8.12. The van der Waals surface area contributed by atoms with Gasteiger partial charge in [0, 0.05) is 17.5 Å². The van der Waals surface area contributed by atoms with Crippen molar-refractivity contribution >= 4 is 33.3 Å². The Morgan fingerprint density at radius 2 is 2.05 bits per heavy atom. The fourth-order valence-corrected chi connectivity index (χ4v) is 3.24. The number of aryl methyl sites for hydroxylation is 1. The molecule has 0 saturated carbocycles. The summed E-state index contributed by atoms with van der Waals surface area (Å²) in [4.78, 5) is 13.4. The number of nitrogens with one attached hydrogen (secondary N) is 2. The van der Waals surface area contributed by atoms with Gasteiger partial charge >= 0.3 is 0 Å². The number of anilines is 2. The number of fused-ring (bicyclic) bond motifs is 1. The molecule has 4 N–H and O–H groups in total. The molecule has 0 amide bonds. The lowest BCUT2D eigenvalue weighted by molar-refractivity contribution is 0.294. The molecule has 0 aliphatic rings. The van der Waals surface area contributed by atoms with Crippen LogP contribution in [0.2, 0.25) is 0 Å². The molecule has 2 aromatic rings. The van der Waals surface area contributed by atoms with E-state index in [2.05, 4.69) is 59.4 Å². The molecule has 2 rings (SSSR count). The number of nitrogens with two attached hydrogens (primary N) is 1. The van der Waals surface area contributed by atoms with Gasteiger partial charge in [0.25, 0.3) is 0 Å². The van der Waals surface area contributed by atoms with Crippen LogP contribution in [0.4, 0.5) is 11.8 Å². The van der Waals surface area contributed by atoms with Crippen LogP contribution in [0.25, 0.3) is 10.2 Å². The average molecular weight is 308 g/mol. The minimum absolute atomic E-state index is 0.300. The third-order valence-corrected chi connectivity index (χ3v) is 4.40. The molecule has 0 aliphatic heterocycles. The number of thiophene rings is 1. The first kappa shape index (κ1) is 15.9. The van der Waals surface area contributed by atoms with Crippen molar-refractivity contribution in [2.75, 3.05) is 30.4 Å². The van der Waals surface area contributed by atoms with Crippen LogP contribution in [0.15, 0.2) is 6.07 Å². The maximum absolute atomic E-state index is 5.46. The number of aromatic nitrogens is 2. The Bertz CT molecular complexity index is 592. The number of likely N-dealkylation sites (N-methyl/N-ethyl adjacent to an activating group) is 1. The van der Waals surface area contributed by atoms with Crippen LogP contribution >= 0.6 is 11.3 Å². The summed E-state index contributed by atoms with van der Waals surface area (Å²) < 4.78 is 0. The monoisotopic (exact) mass is 308 g/mol. The SMILES string of the molecule is CCN(CC)CC(C)Nc1nc(NN)nc2sc(C)cc12. The van der Waals surface area contributed by atoms with E-state index < -0.39 is 0 Å². The molecular weight excluding hydrogens is 284 g/mol. The second kappa shape index (κ2) is 7.02. The molecule has 1 atom stereocenters. The zero-order valence-corrected chi connectivity index (χ0v) is 13.9. The highest BCUT2D eigenvalue weighted by Gasteiger charge is 2.13. The molecule has 116 valence electrons. The Balaban J connectivity index is 2.24. The third kappa shape index (κ3) is 3.81. The predicted molar refractivity (Wildman–Crippen MR) is 90.8 cm³/mol. The van der Waals surface area contributed by atoms with E-state index in [-0.39, 0.29) is 0 Å². The van der Waals surface area contributed by atoms with Gasteiger partial charge in [-0.15, -0.1) is 11.3 Å². The van der Waals surface area contributed by atoms with E-state index >= 15 is 0 Å². The normalized spacial score (nSPS) is 12.9. The van der Waals surface area contributed by atoms with Crippen molar-refractivity contribution in [3.05, 3.63) is 10.9 Å². The summed E-state index contributed by atoms with van der Waals surface area (Å²) in [5.41, 5.74) is 2.54. The third-order valence-electron chi connectivity index (χ3n) is 3.45. The van der Waals surface area contributed by atoms with Gasteiger partial charge in [-0.25, -0.2) is 10.8 Å². The van der Waals surface area contributed by atoms with Gasteiger partial charge in [-0.3, -0.25) is 5.43 Å². The van der Waals surface area contributed by atoms with Gasteiger partial charge in [-0.1, -0.05) is 13.8 Å². The lowest BCUT2D eigenvalue weighted by Crippen LogP contribution is -2.35. The van der Waals surface area contributed by atoms with E-state index in [1.54, 1.807) is 11.3 Å². The molecule has 0 spiro atoms. The molecule has 2 aromatic heterocycles. The zero-order valence-electron chi connectivity index (χ0n) is 13.1. The van der Waals surface area contributed by atoms with Gasteiger partial charge < -0.3 is 10.2 Å². The van der Waals surface area contributed by atoms with Crippen molar-refractivity contribution in [3.8, 4) is 0 Å². The fraction of sp³-hybridized carbons (Fsp3) is 0.571. The highest BCUT2D eigenvalue weighted by Crippen LogP contribution is 2.29. The molecule has 1 unspecified atom stereocenters. The molecular formula is C14H24N6S. The quantitative estimate of drug-likeness (QED) is 0.538. The Kier molecular flexibility index (Phi) is 5.33. The van der Waals surface area contributed by atoms with Crippen molar-refractivity contribution in [1.29, 1.82) is 0 Å². The minimum atomic E-state index is 0.300. The topological polar surface area (TPSA) is 79.1 Å². The summed E-state index contributed by atoms with van der Waals surface area (Å²) >= 11 is 1.65. The van der Waals surface area contributed by atoms with Crippen LogP contribution in [0.5, 0.6) is 0 Å². The summed E-state index contributed by atoms with van der Waals surface area (Å²) in [5, 5.41) is 4.55. The molecule has 0 aromatic carbocycles. The lowest BCUT2D eigenvalue weighted by Gasteiger charge is -2.24. The number of hydrazine groups is 1. The van der Waals surface area contributed by atoms with Gasteiger partial charge in [0.2, 0.25) is 5.95 Å². The Hall–Kier alpha value is -1.44. The minimum Gasteiger partial charge on any atom is -0.366 e. The molecule has 21 heavy (non-hydrogen) atoms. The zero-order chi connectivity index (χ0) is 15.4. The van der Waals surface area contributed by atoms with Gasteiger partial charge in [0.15, 0.2) is 0 Å². The predicted octanol–water partition coefficient (Wildman–Crippen LogP) is 2.43. The van der Waals surface area contributed by atoms with E-state index in [1.165, 1.54) is 4.88 Å². The van der Waals surface area contributed by atoms with Crippen LogP contribution in [0.3, 0.4) is 0 Å². The number of nitrogen functional groups attached to an aromatic ring is 1. The Labute approximate surface area is 129 Å². The van der Waals surface area contributed by atoms with Crippen LogP contribution in [-0.4, -0.2) is 40.5 Å². The highest BCUT2D eigenvalue weighted by atomic mass is 32.1. The van der Waals surface area contributed by atoms with Gasteiger partial charge in [-0.2, -0.15) is 4.98 Å². The molecule has 0 bridgehead atoms. The highest BCUT2D eigenvalue weighted by molar-refractivity contribution is 7.18. The summed E-state index contributed by atoms with van der Waals surface area (Å²) in [6.07, 6.45) is 0. The van der Waals surface area contributed by atoms with E-state index in [1.807, 2.05) is 0 Å². The van der Waals surface area contributed by atoms with Crippen molar-refractivity contribution in [3.63, 3.8) is 0 Å². The summed E-state index contributed by atoms with van der Waals surface area (Å²) in [6.45, 7) is 11.7. The first-order chi connectivity index (χ1) is 10.1.